The average Bonchev–Trinajstić information content (AvgIpc) is 1.65. The van der Waals surface area contributed by atoms with Crippen LogP contribution in [0.25, 0.3) is 0 Å². The summed E-state index contributed by atoms with van der Waals surface area (Å²) in [6.07, 6.45) is 0.867. The second-order valence-corrected chi connectivity index (χ2v) is 1.65. The van der Waals surface area contributed by atoms with Crippen molar-refractivity contribution in [3.63, 3.8) is 0 Å². The minimum absolute atomic E-state index is 0.0417. The van der Waals surface area contributed by atoms with Gasteiger partial charge in [0.2, 0.25) is 0 Å². The zero-order valence-electron chi connectivity index (χ0n) is 3.98. The average molecular weight is 97.1 g/mol. The highest BCUT2D eigenvalue weighted by Crippen LogP contribution is 2.04. The first kappa shape index (κ1) is 4.53. The van der Waals surface area contributed by atoms with Gasteiger partial charge in [-0.3, -0.25) is 0 Å². The van der Waals surface area contributed by atoms with Crippen LogP contribution in [0, 0.1) is 0 Å². The Bertz CT molecular complexity index is 109. The molecule has 1 heterocycles. The molecule has 1 rings (SSSR count). The summed E-state index contributed by atoms with van der Waals surface area (Å²) < 4.78 is 0. The molecule has 2 nitrogen and oxygen atoms in total. The Kier molecular flexibility index (Phi) is 0.947. The molecule has 0 amide bonds. The van der Waals surface area contributed by atoms with Gasteiger partial charge in [-0.15, -0.1) is 0 Å². The van der Waals surface area contributed by atoms with Crippen molar-refractivity contribution in [1.29, 1.82) is 0 Å². The van der Waals surface area contributed by atoms with Gasteiger partial charge >= 0.3 is 0 Å². The van der Waals surface area contributed by atoms with Crippen molar-refractivity contribution in [2.24, 2.45) is 0 Å². The normalized spacial score (nSPS) is 29.1. The molecule has 0 bridgehead atoms. The van der Waals surface area contributed by atoms with Gasteiger partial charge in [0.25, 0.3) is 0 Å². The molecule has 0 aromatic carbocycles. The van der Waals surface area contributed by atoms with Gasteiger partial charge in [-0.1, -0.05) is 6.58 Å². The van der Waals surface area contributed by atoms with Gasteiger partial charge in [-0.25, -0.2) is 0 Å². The number of hydrogen-bond acceptors (Lipinski definition) is 2. The first-order valence-corrected chi connectivity index (χ1v) is 2.21. The molecule has 0 aliphatic carbocycles. The van der Waals surface area contributed by atoms with E-state index >= 15 is 0 Å². The Labute approximate surface area is 42.2 Å². The quantitative estimate of drug-likeness (QED) is 0.360. The van der Waals surface area contributed by atoms with Gasteiger partial charge < -0.3 is 10.1 Å². The van der Waals surface area contributed by atoms with Gasteiger partial charge in [-0.2, -0.15) is 0 Å². The van der Waals surface area contributed by atoms with E-state index in [2.05, 4.69) is 11.9 Å². The number of nitrogens with one attached hydrogen (secondary N) is 1. The minimum atomic E-state index is -0.0417. The van der Waals surface area contributed by atoms with E-state index in [1.807, 2.05) is 0 Å². The summed E-state index contributed by atoms with van der Waals surface area (Å²) in [5.74, 6) is 0. The molecule has 0 radical (unpaired) electrons. The lowest BCUT2D eigenvalue weighted by Crippen LogP contribution is -2.46. The van der Waals surface area contributed by atoms with E-state index in [-0.39, 0.29) is 6.04 Å². The fraction of sp³-hybridized carbons (Fsp3) is 0.400. The Hall–Kier alpha value is -0.630. The number of rotatable bonds is 1. The molecule has 1 fully saturated rings. The first-order chi connectivity index (χ1) is 3.34. The third-order valence-corrected chi connectivity index (χ3v) is 1.12. The maximum Gasteiger partial charge on any atom is 0.141 e. The summed E-state index contributed by atoms with van der Waals surface area (Å²) in [6.45, 7) is 4.43. The Balaban J connectivity index is 2.43. The molecule has 0 spiro atoms. The zero-order valence-corrected chi connectivity index (χ0v) is 3.98. The molecule has 0 aromatic heterocycles. The summed E-state index contributed by atoms with van der Waals surface area (Å²) in [5.41, 5.74) is 0.995. The zero-order chi connectivity index (χ0) is 5.28. The van der Waals surface area contributed by atoms with E-state index in [0.29, 0.717) is 0 Å². The van der Waals surface area contributed by atoms with Crippen LogP contribution in [0.2, 0.25) is 0 Å². The van der Waals surface area contributed by atoms with Crippen LogP contribution in [-0.4, -0.2) is 18.9 Å². The van der Waals surface area contributed by atoms with Crippen LogP contribution < -0.4 is 5.32 Å². The lowest BCUT2D eigenvalue weighted by Gasteiger charge is -2.24. The minimum Gasteiger partial charge on any atom is -0.301 e. The largest absolute Gasteiger partial charge is 0.301 e. The van der Waals surface area contributed by atoms with E-state index in [9.17, 15) is 4.79 Å². The Morgan fingerprint density at radius 1 is 2.00 bits per heavy atom. The second-order valence-electron chi connectivity index (χ2n) is 1.65. The van der Waals surface area contributed by atoms with E-state index < -0.39 is 0 Å². The van der Waals surface area contributed by atoms with Gasteiger partial charge in [0.05, 0.1) is 6.04 Å². The van der Waals surface area contributed by atoms with Crippen LogP contribution >= 0.6 is 0 Å². The lowest BCUT2D eigenvalue weighted by molar-refractivity contribution is -0.109. The third kappa shape index (κ3) is 0.567. The molecular weight excluding hydrogens is 90.1 g/mol. The van der Waals surface area contributed by atoms with E-state index in [1.165, 1.54) is 0 Å². The van der Waals surface area contributed by atoms with Crippen LogP contribution in [0.3, 0.4) is 0 Å². The number of carbonyl (C=O) groups excluding carboxylic acids is 1. The standard InChI is InChI=1S/C5H7NO/c1-4-2-6-5(4)3-7/h3,5-6H,1-2H2. The van der Waals surface area contributed by atoms with E-state index in [4.69, 9.17) is 0 Å². The van der Waals surface area contributed by atoms with Gasteiger partial charge in [-0.05, 0) is 5.57 Å². The molecule has 1 atom stereocenters. The monoisotopic (exact) mass is 97.1 g/mol. The molecule has 1 aliphatic rings. The van der Waals surface area contributed by atoms with Gasteiger partial charge in [0, 0.05) is 6.54 Å². The molecule has 1 unspecified atom stereocenters. The summed E-state index contributed by atoms with van der Waals surface area (Å²) in [6, 6.07) is -0.0417. The lowest BCUT2D eigenvalue weighted by atomic mass is 10.0. The van der Waals surface area contributed by atoms with Crippen LogP contribution in [0.4, 0.5) is 0 Å². The van der Waals surface area contributed by atoms with Gasteiger partial charge in [0.1, 0.15) is 6.29 Å². The molecule has 1 saturated heterocycles. The number of carbonyl (C=O) groups is 1. The molecular formula is C5H7NO. The number of aldehydes is 1. The Morgan fingerprint density at radius 3 is 2.71 bits per heavy atom. The van der Waals surface area contributed by atoms with E-state index in [1.54, 1.807) is 0 Å². The summed E-state index contributed by atoms with van der Waals surface area (Å²) >= 11 is 0. The molecule has 2 heteroatoms. The molecule has 1 N–H and O–H groups in total. The molecule has 1 aliphatic heterocycles. The third-order valence-electron chi connectivity index (χ3n) is 1.12. The predicted octanol–water partition coefficient (Wildman–Crippen LogP) is -0.287. The fourth-order valence-electron chi connectivity index (χ4n) is 0.509. The van der Waals surface area contributed by atoms with Crippen molar-refractivity contribution < 1.29 is 4.79 Å². The predicted molar refractivity (Wildman–Crippen MR) is 27.0 cm³/mol. The summed E-state index contributed by atoms with van der Waals surface area (Å²) in [5, 5.41) is 2.88. The second kappa shape index (κ2) is 1.46. The molecule has 0 aromatic rings. The molecule has 0 saturated carbocycles. The summed E-state index contributed by atoms with van der Waals surface area (Å²) in [4.78, 5) is 9.87. The van der Waals surface area contributed by atoms with Crippen molar-refractivity contribution >= 4 is 6.29 Å². The Morgan fingerprint density at radius 2 is 2.71 bits per heavy atom. The maximum absolute atomic E-state index is 9.87. The van der Waals surface area contributed by atoms with Crippen molar-refractivity contribution in [3.05, 3.63) is 12.2 Å². The fourth-order valence-corrected chi connectivity index (χ4v) is 0.509. The van der Waals surface area contributed by atoms with Crippen molar-refractivity contribution in [2.45, 2.75) is 6.04 Å². The SMILES string of the molecule is C=C1CNC1C=O. The molecule has 7 heavy (non-hydrogen) atoms. The molecule has 38 valence electrons. The van der Waals surface area contributed by atoms with Crippen molar-refractivity contribution in [3.8, 4) is 0 Å². The smallest absolute Gasteiger partial charge is 0.141 e. The highest BCUT2D eigenvalue weighted by atomic mass is 16.1. The first-order valence-electron chi connectivity index (χ1n) is 2.21. The summed E-state index contributed by atoms with van der Waals surface area (Å²) in [7, 11) is 0. The van der Waals surface area contributed by atoms with Crippen LogP contribution in [0.15, 0.2) is 12.2 Å². The highest BCUT2D eigenvalue weighted by molar-refractivity contribution is 5.65. The van der Waals surface area contributed by atoms with Crippen LogP contribution in [-0.2, 0) is 4.79 Å². The van der Waals surface area contributed by atoms with Crippen LogP contribution in [0.1, 0.15) is 0 Å². The van der Waals surface area contributed by atoms with Gasteiger partial charge in [0.15, 0.2) is 0 Å². The maximum atomic E-state index is 9.87. The van der Waals surface area contributed by atoms with E-state index in [0.717, 1.165) is 18.4 Å². The van der Waals surface area contributed by atoms with Crippen molar-refractivity contribution in [1.82, 2.24) is 5.32 Å². The topological polar surface area (TPSA) is 29.1 Å². The highest BCUT2D eigenvalue weighted by Gasteiger charge is 2.18. The van der Waals surface area contributed by atoms with Crippen LogP contribution in [0.5, 0.6) is 0 Å². The number of hydrogen-bond donors (Lipinski definition) is 1. The van der Waals surface area contributed by atoms with Crippen molar-refractivity contribution in [2.75, 3.05) is 6.54 Å².